The van der Waals surface area contributed by atoms with Crippen LogP contribution in [0.25, 0.3) is 0 Å². The molecule has 3 rings (SSSR count). The van der Waals surface area contributed by atoms with E-state index in [9.17, 15) is 4.79 Å². The third-order valence-electron chi connectivity index (χ3n) is 4.43. The van der Waals surface area contributed by atoms with E-state index in [4.69, 9.17) is 0 Å². The maximum absolute atomic E-state index is 11.7. The molecule has 0 bridgehead atoms. The summed E-state index contributed by atoms with van der Waals surface area (Å²) in [6, 6.07) is 21.5. The summed E-state index contributed by atoms with van der Waals surface area (Å²) in [4.78, 5) is 14.2. The normalized spacial score (nSPS) is 15.4. The number of nitrogens with zero attached hydrogens (tertiary/aromatic N) is 1. The van der Waals surface area contributed by atoms with Gasteiger partial charge in [0.05, 0.1) is 6.04 Å². The summed E-state index contributed by atoms with van der Waals surface area (Å²) in [5.74, 6) is 0.643. The van der Waals surface area contributed by atoms with Crippen LogP contribution in [0.2, 0.25) is 0 Å². The molecule has 0 aliphatic carbocycles. The molecule has 2 aromatic carbocycles. The number of benzene rings is 2. The fourth-order valence-electron chi connectivity index (χ4n) is 3.37. The number of hydrogen-bond donors (Lipinski definition) is 1. The van der Waals surface area contributed by atoms with Crippen LogP contribution in [0.4, 0.5) is 0 Å². The molecule has 1 aliphatic rings. The minimum atomic E-state index is 0.174. The molecule has 1 saturated heterocycles. The van der Waals surface area contributed by atoms with E-state index in [0.717, 1.165) is 13.1 Å². The van der Waals surface area contributed by atoms with Gasteiger partial charge in [0, 0.05) is 26.1 Å². The molecule has 0 spiro atoms. The van der Waals surface area contributed by atoms with Gasteiger partial charge < -0.3 is 5.32 Å². The van der Waals surface area contributed by atoms with Crippen LogP contribution in [-0.4, -0.2) is 30.4 Å². The number of hydrogen-bond acceptors (Lipinski definition) is 2. The molecular weight excluding hydrogens is 284 g/mol. The summed E-state index contributed by atoms with van der Waals surface area (Å²) in [7, 11) is 0. The Balaban J connectivity index is 1.71. The lowest BCUT2D eigenvalue weighted by molar-refractivity contribution is -0.123. The van der Waals surface area contributed by atoms with Crippen molar-refractivity contribution in [2.24, 2.45) is 5.92 Å². The third-order valence-corrected chi connectivity index (χ3v) is 4.43. The summed E-state index contributed by atoms with van der Waals surface area (Å²) >= 11 is 0. The van der Waals surface area contributed by atoms with Crippen molar-refractivity contribution < 1.29 is 4.79 Å². The van der Waals surface area contributed by atoms with Gasteiger partial charge in [0.2, 0.25) is 5.91 Å². The Morgan fingerprint density at radius 1 is 1.04 bits per heavy atom. The molecule has 1 fully saturated rings. The minimum Gasteiger partial charge on any atom is -0.356 e. The largest absolute Gasteiger partial charge is 0.356 e. The van der Waals surface area contributed by atoms with Gasteiger partial charge in [0.15, 0.2) is 0 Å². The molecule has 1 heterocycles. The number of carbonyl (C=O) groups excluding carboxylic acids is 1. The van der Waals surface area contributed by atoms with Crippen LogP contribution >= 0.6 is 0 Å². The van der Waals surface area contributed by atoms with Crippen molar-refractivity contribution in [1.29, 1.82) is 0 Å². The summed E-state index contributed by atoms with van der Waals surface area (Å²) in [6.07, 6.45) is 0.640. The van der Waals surface area contributed by atoms with Gasteiger partial charge >= 0.3 is 0 Å². The Kier molecular flexibility index (Phi) is 5.09. The standard InChI is InChI=1S/C20H24N2O/c1-2-21-19(23)13-16-14-22(15-16)20(17-9-5-3-6-10-17)18-11-7-4-8-12-18/h3-12,16,20H,2,13-15H2,1H3,(H,21,23). The van der Waals surface area contributed by atoms with Gasteiger partial charge in [-0.15, -0.1) is 0 Å². The van der Waals surface area contributed by atoms with E-state index in [0.29, 0.717) is 18.9 Å². The van der Waals surface area contributed by atoms with Crippen molar-refractivity contribution in [2.45, 2.75) is 19.4 Å². The van der Waals surface area contributed by atoms with Gasteiger partial charge in [-0.05, 0) is 24.0 Å². The van der Waals surface area contributed by atoms with Gasteiger partial charge in [0.1, 0.15) is 0 Å². The molecule has 2 aromatic rings. The van der Waals surface area contributed by atoms with Gasteiger partial charge in [-0.2, -0.15) is 0 Å². The molecule has 3 nitrogen and oxygen atoms in total. The quantitative estimate of drug-likeness (QED) is 0.888. The fraction of sp³-hybridized carbons (Fsp3) is 0.350. The van der Waals surface area contributed by atoms with Crippen LogP contribution in [0.3, 0.4) is 0 Å². The number of rotatable bonds is 6. The predicted molar refractivity (Wildman–Crippen MR) is 93.1 cm³/mol. The van der Waals surface area contributed by atoms with E-state index < -0.39 is 0 Å². The number of carbonyl (C=O) groups is 1. The second kappa shape index (κ2) is 7.42. The smallest absolute Gasteiger partial charge is 0.220 e. The zero-order valence-corrected chi connectivity index (χ0v) is 13.6. The first-order chi connectivity index (χ1) is 11.3. The predicted octanol–water partition coefficient (Wildman–Crippen LogP) is 3.23. The molecule has 1 amide bonds. The third kappa shape index (κ3) is 3.80. The first-order valence-corrected chi connectivity index (χ1v) is 8.38. The Morgan fingerprint density at radius 2 is 1.57 bits per heavy atom. The van der Waals surface area contributed by atoms with Crippen molar-refractivity contribution in [2.75, 3.05) is 19.6 Å². The minimum absolute atomic E-state index is 0.174. The summed E-state index contributed by atoms with van der Waals surface area (Å²) < 4.78 is 0. The van der Waals surface area contributed by atoms with Crippen molar-refractivity contribution in [3.63, 3.8) is 0 Å². The molecule has 0 unspecified atom stereocenters. The molecule has 1 N–H and O–H groups in total. The number of likely N-dealkylation sites (tertiary alicyclic amines) is 1. The molecule has 0 atom stereocenters. The van der Waals surface area contributed by atoms with Crippen molar-refractivity contribution in [3.8, 4) is 0 Å². The van der Waals surface area contributed by atoms with Gasteiger partial charge in [-0.1, -0.05) is 60.7 Å². The van der Waals surface area contributed by atoms with Crippen LogP contribution in [0.15, 0.2) is 60.7 Å². The molecule has 120 valence electrons. The van der Waals surface area contributed by atoms with Crippen LogP contribution in [0.1, 0.15) is 30.5 Å². The van der Waals surface area contributed by atoms with Crippen molar-refractivity contribution >= 4 is 5.91 Å². The van der Waals surface area contributed by atoms with Gasteiger partial charge in [-0.25, -0.2) is 0 Å². The fourth-order valence-corrected chi connectivity index (χ4v) is 3.37. The van der Waals surface area contributed by atoms with Crippen LogP contribution in [-0.2, 0) is 4.79 Å². The maximum Gasteiger partial charge on any atom is 0.220 e. The molecule has 0 radical (unpaired) electrons. The first kappa shape index (κ1) is 15.8. The van der Waals surface area contributed by atoms with E-state index in [1.54, 1.807) is 0 Å². The highest BCUT2D eigenvalue weighted by atomic mass is 16.1. The highest BCUT2D eigenvalue weighted by Crippen LogP contribution is 2.35. The summed E-state index contributed by atoms with van der Waals surface area (Å²) in [5, 5.41) is 2.89. The van der Waals surface area contributed by atoms with E-state index in [1.165, 1.54) is 11.1 Å². The monoisotopic (exact) mass is 308 g/mol. The molecule has 0 aromatic heterocycles. The van der Waals surface area contributed by atoms with Crippen LogP contribution in [0.5, 0.6) is 0 Å². The van der Waals surface area contributed by atoms with Crippen LogP contribution < -0.4 is 5.32 Å². The van der Waals surface area contributed by atoms with E-state index in [-0.39, 0.29) is 11.9 Å². The Hall–Kier alpha value is -2.13. The topological polar surface area (TPSA) is 32.3 Å². The zero-order chi connectivity index (χ0) is 16.1. The van der Waals surface area contributed by atoms with E-state index in [1.807, 2.05) is 6.92 Å². The highest BCUT2D eigenvalue weighted by Gasteiger charge is 2.34. The van der Waals surface area contributed by atoms with Crippen molar-refractivity contribution in [3.05, 3.63) is 71.8 Å². The van der Waals surface area contributed by atoms with Gasteiger partial charge in [-0.3, -0.25) is 9.69 Å². The molecule has 0 saturated carbocycles. The Labute approximate surface area is 138 Å². The molecular formula is C20H24N2O. The molecule has 1 aliphatic heterocycles. The second-order valence-electron chi connectivity index (χ2n) is 6.20. The lowest BCUT2D eigenvalue weighted by Gasteiger charge is -2.44. The van der Waals surface area contributed by atoms with E-state index in [2.05, 4.69) is 70.9 Å². The van der Waals surface area contributed by atoms with Crippen LogP contribution in [0, 0.1) is 5.92 Å². The van der Waals surface area contributed by atoms with Gasteiger partial charge in [0.25, 0.3) is 0 Å². The Bertz CT molecular complexity index is 581. The molecule has 23 heavy (non-hydrogen) atoms. The zero-order valence-electron chi connectivity index (χ0n) is 13.6. The lowest BCUT2D eigenvalue weighted by atomic mass is 9.88. The highest BCUT2D eigenvalue weighted by molar-refractivity contribution is 5.76. The lowest BCUT2D eigenvalue weighted by Crippen LogP contribution is -2.50. The molecule has 3 heteroatoms. The SMILES string of the molecule is CCNC(=O)CC1CN(C(c2ccccc2)c2ccccc2)C1. The summed E-state index contributed by atoms with van der Waals surface area (Å²) in [5.41, 5.74) is 2.63. The summed E-state index contributed by atoms with van der Waals surface area (Å²) in [6.45, 7) is 4.63. The first-order valence-electron chi connectivity index (χ1n) is 8.38. The second-order valence-corrected chi connectivity index (χ2v) is 6.20. The number of amides is 1. The Morgan fingerprint density at radius 3 is 2.04 bits per heavy atom. The van der Waals surface area contributed by atoms with E-state index >= 15 is 0 Å². The average molecular weight is 308 g/mol. The number of nitrogens with one attached hydrogen (secondary N) is 1. The van der Waals surface area contributed by atoms with Crippen molar-refractivity contribution in [1.82, 2.24) is 10.2 Å². The average Bonchev–Trinajstić information content (AvgIpc) is 2.55. The maximum atomic E-state index is 11.7.